The molecule has 1 aromatic carbocycles. The van der Waals surface area contributed by atoms with E-state index in [9.17, 15) is 14.4 Å². The van der Waals surface area contributed by atoms with Crippen LogP contribution in [0.15, 0.2) is 18.2 Å². The van der Waals surface area contributed by atoms with Gasteiger partial charge >= 0.3 is 12.1 Å². The van der Waals surface area contributed by atoms with E-state index in [1.54, 1.807) is 11.0 Å². The van der Waals surface area contributed by atoms with E-state index < -0.39 is 5.41 Å². The van der Waals surface area contributed by atoms with E-state index in [1.807, 2.05) is 19.1 Å². The van der Waals surface area contributed by atoms with Gasteiger partial charge in [0.05, 0.1) is 25.2 Å². The first kappa shape index (κ1) is 24.1. The number of benzene rings is 1. The molecule has 1 aliphatic carbocycles. The number of piperidine rings is 1. The number of aryl methyl sites for hydroxylation is 1. The quantitative estimate of drug-likeness (QED) is 0.718. The highest BCUT2D eigenvalue weighted by molar-refractivity contribution is 5.89. The van der Waals surface area contributed by atoms with Gasteiger partial charge in [0.25, 0.3) is 0 Å². The molecule has 7 nitrogen and oxygen atoms in total. The summed E-state index contributed by atoms with van der Waals surface area (Å²) in [6.45, 7) is 8.77. The predicted molar refractivity (Wildman–Crippen MR) is 121 cm³/mol. The summed E-state index contributed by atoms with van der Waals surface area (Å²) < 4.78 is 9.82. The monoisotopic (exact) mass is 444 g/mol. The number of likely N-dealkylation sites (tertiary alicyclic amines) is 1. The lowest BCUT2D eigenvalue weighted by Gasteiger charge is -2.48. The fourth-order valence-corrected chi connectivity index (χ4v) is 4.96. The van der Waals surface area contributed by atoms with Gasteiger partial charge < -0.3 is 19.7 Å². The minimum Gasteiger partial charge on any atom is -0.465 e. The second kappa shape index (κ2) is 9.12. The molecular formula is C25H36N2O5. The number of rotatable bonds is 3. The van der Waals surface area contributed by atoms with Crippen LogP contribution in [0.4, 0.5) is 4.79 Å². The third-order valence-corrected chi connectivity index (χ3v) is 7.07. The van der Waals surface area contributed by atoms with Gasteiger partial charge in [-0.15, -0.1) is 0 Å². The van der Waals surface area contributed by atoms with Crippen molar-refractivity contribution in [3.63, 3.8) is 0 Å². The van der Waals surface area contributed by atoms with E-state index in [0.29, 0.717) is 31.4 Å². The second-order valence-corrected chi connectivity index (χ2v) is 10.4. The second-order valence-electron chi connectivity index (χ2n) is 10.4. The molecule has 1 saturated heterocycles. The van der Waals surface area contributed by atoms with Gasteiger partial charge in [0.2, 0.25) is 5.91 Å². The Morgan fingerprint density at radius 2 is 1.84 bits per heavy atom. The standard InChI is InChI=1S/C25H36N2O5/c1-24(2,3)20-15-25(4,11-12-27(20)23(30)32-6)22(29)26-19-10-9-16-7-8-17(21(28)31-5)13-18(16)14-19/h7-8,13,19-20H,9-12,14-15H2,1-6H3,(H,26,29). The van der Waals surface area contributed by atoms with E-state index >= 15 is 0 Å². The number of carbonyl (C=O) groups is 3. The Morgan fingerprint density at radius 1 is 1.12 bits per heavy atom. The molecule has 2 amide bonds. The van der Waals surface area contributed by atoms with Crippen molar-refractivity contribution in [2.75, 3.05) is 20.8 Å². The third kappa shape index (κ3) is 4.92. The smallest absolute Gasteiger partial charge is 0.409 e. The number of nitrogens with one attached hydrogen (secondary N) is 1. The summed E-state index contributed by atoms with van der Waals surface area (Å²) in [5.41, 5.74) is 2.10. The van der Waals surface area contributed by atoms with Crippen LogP contribution in [0.25, 0.3) is 0 Å². The van der Waals surface area contributed by atoms with Crippen molar-refractivity contribution in [3.05, 3.63) is 34.9 Å². The highest BCUT2D eigenvalue weighted by Crippen LogP contribution is 2.42. The molecule has 0 spiro atoms. The summed E-state index contributed by atoms with van der Waals surface area (Å²) in [4.78, 5) is 39.4. The van der Waals surface area contributed by atoms with Gasteiger partial charge in [-0.25, -0.2) is 9.59 Å². The molecule has 7 heteroatoms. The molecule has 0 bridgehead atoms. The highest BCUT2D eigenvalue weighted by atomic mass is 16.5. The largest absolute Gasteiger partial charge is 0.465 e. The number of hydrogen-bond acceptors (Lipinski definition) is 5. The summed E-state index contributed by atoms with van der Waals surface area (Å²) >= 11 is 0. The lowest BCUT2D eigenvalue weighted by molar-refractivity contribution is -0.136. The Morgan fingerprint density at radius 3 is 2.47 bits per heavy atom. The van der Waals surface area contributed by atoms with Crippen LogP contribution in [0.1, 0.15) is 68.4 Å². The zero-order valence-electron chi connectivity index (χ0n) is 20.1. The topological polar surface area (TPSA) is 84.9 Å². The molecule has 1 aliphatic heterocycles. The van der Waals surface area contributed by atoms with Crippen molar-refractivity contribution in [3.8, 4) is 0 Å². The van der Waals surface area contributed by atoms with Crippen molar-refractivity contribution < 1.29 is 23.9 Å². The number of esters is 1. The predicted octanol–water partition coefficient (Wildman–Crippen LogP) is 3.73. The molecule has 3 atom stereocenters. The highest BCUT2D eigenvalue weighted by Gasteiger charge is 2.47. The molecule has 3 rings (SSSR count). The van der Waals surface area contributed by atoms with Crippen molar-refractivity contribution >= 4 is 18.0 Å². The van der Waals surface area contributed by atoms with Crippen LogP contribution in [0.5, 0.6) is 0 Å². The van der Waals surface area contributed by atoms with E-state index in [4.69, 9.17) is 9.47 Å². The maximum atomic E-state index is 13.4. The summed E-state index contributed by atoms with van der Waals surface area (Å²) in [7, 11) is 2.77. The fraction of sp³-hybridized carbons (Fsp3) is 0.640. The van der Waals surface area contributed by atoms with Crippen molar-refractivity contribution in [2.45, 2.75) is 71.9 Å². The third-order valence-electron chi connectivity index (χ3n) is 7.07. The van der Waals surface area contributed by atoms with Crippen molar-refractivity contribution in [1.29, 1.82) is 0 Å². The SMILES string of the molecule is COC(=O)c1ccc2c(c1)CC(NC(=O)C1(C)CCN(C(=O)OC)C(C(C)(C)C)C1)CC2. The molecule has 2 aliphatic rings. The van der Waals surface area contributed by atoms with E-state index in [0.717, 1.165) is 18.4 Å². The average Bonchev–Trinajstić information content (AvgIpc) is 2.76. The Balaban J connectivity index is 1.72. The Hall–Kier alpha value is -2.57. The molecule has 0 saturated carbocycles. The number of methoxy groups -OCH3 is 2. The average molecular weight is 445 g/mol. The number of carbonyl (C=O) groups excluding carboxylic acids is 3. The van der Waals surface area contributed by atoms with Crippen LogP contribution in [0.2, 0.25) is 0 Å². The van der Waals surface area contributed by atoms with Crippen LogP contribution in [0.3, 0.4) is 0 Å². The van der Waals surface area contributed by atoms with Gasteiger partial charge in [0.15, 0.2) is 0 Å². The fourth-order valence-electron chi connectivity index (χ4n) is 4.96. The first-order chi connectivity index (χ1) is 15.0. The van der Waals surface area contributed by atoms with Crippen LogP contribution >= 0.6 is 0 Å². The lowest BCUT2D eigenvalue weighted by Crippen LogP contribution is -2.58. The van der Waals surface area contributed by atoms with Gasteiger partial charge in [-0.2, -0.15) is 0 Å². The zero-order valence-corrected chi connectivity index (χ0v) is 20.1. The van der Waals surface area contributed by atoms with E-state index in [1.165, 1.54) is 19.8 Å². The minimum atomic E-state index is -0.559. The Bertz CT molecular complexity index is 891. The van der Waals surface area contributed by atoms with Gasteiger partial charge in [0.1, 0.15) is 0 Å². The van der Waals surface area contributed by atoms with Gasteiger partial charge in [-0.05, 0) is 60.8 Å². The van der Waals surface area contributed by atoms with Crippen molar-refractivity contribution in [1.82, 2.24) is 10.2 Å². The number of ether oxygens (including phenoxy) is 2. The first-order valence-electron chi connectivity index (χ1n) is 11.3. The maximum Gasteiger partial charge on any atom is 0.409 e. The number of nitrogens with zero attached hydrogens (tertiary/aromatic N) is 1. The molecule has 1 aromatic rings. The normalized spacial score (nSPS) is 25.5. The Labute approximate surface area is 190 Å². The van der Waals surface area contributed by atoms with Gasteiger partial charge in [0, 0.05) is 18.6 Å². The van der Waals surface area contributed by atoms with Crippen LogP contribution in [-0.4, -0.2) is 55.7 Å². The summed E-state index contributed by atoms with van der Waals surface area (Å²) in [5, 5.41) is 3.27. The van der Waals surface area contributed by atoms with E-state index in [-0.39, 0.29) is 35.5 Å². The summed E-state index contributed by atoms with van der Waals surface area (Å²) in [6.07, 6.45) is 3.27. The summed E-state index contributed by atoms with van der Waals surface area (Å²) in [5.74, 6) is -0.314. The first-order valence-corrected chi connectivity index (χ1v) is 11.3. The van der Waals surface area contributed by atoms with Gasteiger partial charge in [-0.1, -0.05) is 33.8 Å². The molecule has 0 aromatic heterocycles. The Kier molecular flexibility index (Phi) is 6.86. The molecule has 176 valence electrons. The molecule has 3 unspecified atom stereocenters. The number of hydrogen-bond donors (Lipinski definition) is 1. The lowest BCUT2D eigenvalue weighted by atomic mass is 9.69. The summed E-state index contributed by atoms with van der Waals surface area (Å²) in [6, 6.07) is 5.59. The molecule has 1 fully saturated rings. The van der Waals surface area contributed by atoms with E-state index in [2.05, 4.69) is 26.1 Å². The molecule has 0 radical (unpaired) electrons. The van der Waals surface area contributed by atoms with Crippen LogP contribution in [0, 0.1) is 10.8 Å². The molecule has 1 heterocycles. The molecule has 32 heavy (non-hydrogen) atoms. The van der Waals surface area contributed by atoms with Gasteiger partial charge in [-0.3, -0.25) is 4.79 Å². The number of amides is 2. The van der Waals surface area contributed by atoms with Crippen molar-refractivity contribution in [2.24, 2.45) is 10.8 Å². The maximum absolute atomic E-state index is 13.4. The minimum absolute atomic E-state index is 0.0199. The zero-order chi connectivity index (χ0) is 23.7. The molecule has 1 N–H and O–H groups in total. The number of fused-ring (bicyclic) bond motifs is 1. The van der Waals surface area contributed by atoms with Crippen LogP contribution < -0.4 is 5.32 Å². The molecular weight excluding hydrogens is 408 g/mol. The van der Waals surface area contributed by atoms with Crippen LogP contribution in [-0.2, 0) is 27.1 Å².